The highest BCUT2D eigenvalue weighted by Crippen LogP contribution is 2.32. The van der Waals surface area contributed by atoms with Gasteiger partial charge >= 0.3 is 0 Å². The van der Waals surface area contributed by atoms with Gasteiger partial charge in [0.15, 0.2) is 11.5 Å². The Morgan fingerprint density at radius 1 is 1.14 bits per heavy atom. The van der Waals surface area contributed by atoms with Gasteiger partial charge in [-0.15, -0.1) is 0 Å². The average molecular weight is 297 g/mol. The van der Waals surface area contributed by atoms with Crippen molar-refractivity contribution in [1.82, 2.24) is 15.1 Å². The standard InChI is InChI=1S/C16H15N3O3/c1-3-21-14-10-11(7-8-13(14)20-2)15-18-16(22-19-15)12-6-4-5-9-17-12/h4-10H,3H2,1-2H3. The first-order valence-corrected chi connectivity index (χ1v) is 6.88. The number of ether oxygens (including phenoxy) is 2. The maximum absolute atomic E-state index is 5.56. The Kier molecular flexibility index (Phi) is 4.00. The maximum Gasteiger partial charge on any atom is 0.276 e. The highest BCUT2D eigenvalue weighted by molar-refractivity contribution is 5.62. The average Bonchev–Trinajstić information content (AvgIpc) is 3.06. The molecule has 6 heteroatoms. The number of aromatic nitrogens is 3. The summed E-state index contributed by atoms with van der Waals surface area (Å²) < 4.78 is 16.1. The summed E-state index contributed by atoms with van der Waals surface area (Å²) in [6.07, 6.45) is 1.68. The van der Waals surface area contributed by atoms with E-state index in [4.69, 9.17) is 14.0 Å². The molecule has 0 amide bonds. The van der Waals surface area contributed by atoms with Crippen molar-refractivity contribution in [2.45, 2.75) is 6.92 Å². The molecule has 0 saturated heterocycles. The van der Waals surface area contributed by atoms with Crippen LogP contribution in [0.5, 0.6) is 11.5 Å². The summed E-state index contributed by atoms with van der Waals surface area (Å²) in [7, 11) is 1.60. The normalized spacial score (nSPS) is 10.5. The van der Waals surface area contributed by atoms with Crippen LogP contribution in [0.25, 0.3) is 23.0 Å². The molecule has 2 heterocycles. The quantitative estimate of drug-likeness (QED) is 0.720. The van der Waals surface area contributed by atoms with E-state index in [1.54, 1.807) is 13.3 Å². The lowest BCUT2D eigenvalue weighted by atomic mass is 10.2. The molecule has 0 radical (unpaired) electrons. The predicted molar refractivity (Wildman–Crippen MR) is 80.7 cm³/mol. The smallest absolute Gasteiger partial charge is 0.276 e. The van der Waals surface area contributed by atoms with E-state index < -0.39 is 0 Å². The van der Waals surface area contributed by atoms with Crippen LogP contribution in [0.2, 0.25) is 0 Å². The third kappa shape index (κ3) is 2.76. The molecule has 0 aliphatic rings. The molecule has 0 bridgehead atoms. The van der Waals surface area contributed by atoms with Crippen LogP contribution < -0.4 is 9.47 Å². The molecule has 0 saturated carbocycles. The maximum atomic E-state index is 5.56. The highest BCUT2D eigenvalue weighted by atomic mass is 16.5. The van der Waals surface area contributed by atoms with E-state index in [9.17, 15) is 0 Å². The first-order chi connectivity index (χ1) is 10.8. The number of benzene rings is 1. The van der Waals surface area contributed by atoms with Crippen LogP contribution in [0.1, 0.15) is 6.92 Å². The third-order valence-corrected chi connectivity index (χ3v) is 3.03. The second-order valence-electron chi connectivity index (χ2n) is 4.44. The van der Waals surface area contributed by atoms with Gasteiger partial charge in [0.1, 0.15) is 5.69 Å². The summed E-state index contributed by atoms with van der Waals surface area (Å²) in [5, 5.41) is 4.00. The first-order valence-electron chi connectivity index (χ1n) is 6.88. The summed E-state index contributed by atoms with van der Waals surface area (Å²) in [4.78, 5) is 8.56. The molecule has 0 N–H and O–H groups in total. The molecule has 3 rings (SSSR count). The minimum atomic E-state index is 0.379. The molecule has 2 aromatic heterocycles. The molecular weight excluding hydrogens is 282 g/mol. The van der Waals surface area contributed by atoms with Crippen molar-refractivity contribution >= 4 is 0 Å². The van der Waals surface area contributed by atoms with Gasteiger partial charge < -0.3 is 14.0 Å². The van der Waals surface area contributed by atoms with Crippen molar-refractivity contribution in [3.63, 3.8) is 0 Å². The van der Waals surface area contributed by atoms with Crippen LogP contribution in [0, 0.1) is 0 Å². The predicted octanol–water partition coefficient (Wildman–Crippen LogP) is 3.21. The second kappa shape index (κ2) is 6.26. The molecule has 1 aromatic carbocycles. The minimum absolute atomic E-state index is 0.379. The zero-order valence-corrected chi connectivity index (χ0v) is 12.3. The number of nitrogens with zero attached hydrogens (tertiary/aromatic N) is 3. The zero-order valence-electron chi connectivity index (χ0n) is 12.3. The van der Waals surface area contributed by atoms with Gasteiger partial charge in [0.2, 0.25) is 5.82 Å². The van der Waals surface area contributed by atoms with Crippen molar-refractivity contribution in [2.75, 3.05) is 13.7 Å². The van der Waals surface area contributed by atoms with Crippen molar-refractivity contribution < 1.29 is 14.0 Å². The second-order valence-corrected chi connectivity index (χ2v) is 4.44. The molecule has 112 valence electrons. The van der Waals surface area contributed by atoms with E-state index in [1.165, 1.54) is 0 Å². The molecule has 0 aliphatic carbocycles. The molecule has 0 atom stereocenters. The fraction of sp³-hybridized carbons (Fsp3) is 0.188. The van der Waals surface area contributed by atoms with Crippen molar-refractivity contribution in [2.24, 2.45) is 0 Å². The Morgan fingerprint density at radius 2 is 2.05 bits per heavy atom. The van der Waals surface area contributed by atoms with Crippen molar-refractivity contribution in [3.8, 4) is 34.5 Å². The SMILES string of the molecule is CCOc1cc(-c2noc(-c3ccccn3)n2)ccc1OC. The Balaban J connectivity index is 1.95. The third-order valence-electron chi connectivity index (χ3n) is 3.03. The largest absolute Gasteiger partial charge is 0.493 e. The monoisotopic (exact) mass is 297 g/mol. The Hall–Kier alpha value is -2.89. The topological polar surface area (TPSA) is 70.3 Å². The molecule has 0 fully saturated rings. The van der Waals surface area contributed by atoms with Crippen LogP contribution in [0.4, 0.5) is 0 Å². The molecule has 0 spiro atoms. The van der Waals surface area contributed by atoms with Gasteiger partial charge in [-0.3, -0.25) is 4.98 Å². The van der Waals surface area contributed by atoms with Crippen LogP contribution >= 0.6 is 0 Å². The summed E-state index contributed by atoms with van der Waals surface area (Å²) >= 11 is 0. The van der Waals surface area contributed by atoms with E-state index in [2.05, 4.69) is 15.1 Å². The number of hydrogen-bond acceptors (Lipinski definition) is 6. The highest BCUT2D eigenvalue weighted by Gasteiger charge is 2.13. The van der Waals surface area contributed by atoms with Gasteiger partial charge in [0, 0.05) is 11.8 Å². The molecule has 3 aromatic rings. The van der Waals surface area contributed by atoms with E-state index >= 15 is 0 Å². The van der Waals surface area contributed by atoms with Gasteiger partial charge in [-0.25, -0.2) is 0 Å². The van der Waals surface area contributed by atoms with Crippen LogP contribution in [0.15, 0.2) is 47.1 Å². The molecule has 0 aliphatic heterocycles. The van der Waals surface area contributed by atoms with Crippen LogP contribution in [-0.4, -0.2) is 28.8 Å². The van der Waals surface area contributed by atoms with Gasteiger partial charge in [-0.2, -0.15) is 4.98 Å². The van der Waals surface area contributed by atoms with Crippen molar-refractivity contribution in [3.05, 3.63) is 42.6 Å². The Labute approximate surface area is 127 Å². The van der Waals surface area contributed by atoms with Gasteiger partial charge in [-0.1, -0.05) is 11.2 Å². The van der Waals surface area contributed by atoms with E-state index in [1.807, 2.05) is 43.3 Å². The number of rotatable bonds is 5. The number of hydrogen-bond donors (Lipinski definition) is 0. The lowest BCUT2D eigenvalue weighted by molar-refractivity contribution is 0.311. The van der Waals surface area contributed by atoms with E-state index in [0.717, 1.165) is 5.56 Å². The minimum Gasteiger partial charge on any atom is -0.493 e. The summed E-state index contributed by atoms with van der Waals surface area (Å²) in [5.74, 6) is 2.17. The molecular formula is C16H15N3O3. The van der Waals surface area contributed by atoms with E-state index in [0.29, 0.717) is 35.5 Å². The first kappa shape index (κ1) is 14.1. The summed E-state index contributed by atoms with van der Waals surface area (Å²) in [6, 6.07) is 11.0. The Morgan fingerprint density at radius 3 is 2.77 bits per heavy atom. The van der Waals surface area contributed by atoms with E-state index in [-0.39, 0.29) is 0 Å². The van der Waals surface area contributed by atoms with Gasteiger partial charge in [0.05, 0.1) is 13.7 Å². The van der Waals surface area contributed by atoms with Crippen LogP contribution in [0.3, 0.4) is 0 Å². The van der Waals surface area contributed by atoms with Crippen LogP contribution in [-0.2, 0) is 0 Å². The summed E-state index contributed by atoms with van der Waals surface area (Å²) in [5.41, 5.74) is 1.43. The zero-order chi connectivity index (χ0) is 15.4. The lowest BCUT2D eigenvalue weighted by Gasteiger charge is -2.09. The summed E-state index contributed by atoms with van der Waals surface area (Å²) in [6.45, 7) is 2.46. The van der Waals surface area contributed by atoms with Crippen molar-refractivity contribution in [1.29, 1.82) is 0 Å². The molecule has 22 heavy (non-hydrogen) atoms. The lowest BCUT2D eigenvalue weighted by Crippen LogP contribution is -1.96. The number of pyridine rings is 1. The molecule has 6 nitrogen and oxygen atoms in total. The Bertz CT molecular complexity index is 756. The van der Waals surface area contributed by atoms with Gasteiger partial charge in [-0.05, 0) is 37.3 Å². The number of methoxy groups -OCH3 is 1. The van der Waals surface area contributed by atoms with Gasteiger partial charge in [0.25, 0.3) is 5.89 Å². The molecule has 0 unspecified atom stereocenters. The fourth-order valence-electron chi connectivity index (χ4n) is 2.02. The fourth-order valence-corrected chi connectivity index (χ4v) is 2.02.